The molecule has 0 saturated heterocycles. The van der Waals surface area contributed by atoms with Crippen LogP contribution in [-0.2, 0) is 23.9 Å². The van der Waals surface area contributed by atoms with Gasteiger partial charge in [-0.1, -0.05) is 12.1 Å². The summed E-state index contributed by atoms with van der Waals surface area (Å²) in [6, 6.07) is 3.99. The first-order chi connectivity index (χ1) is 12.5. The Morgan fingerprint density at radius 2 is 1.48 bits per heavy atom. The van der Waals surface area contributed by atoms with E-state index in [1.807, 2.05) is 0 Å². The third kappa shape index (κ3) is 3.33. The second-order valence-corrected chi connectivity index (χ2v) is 6.06. The topological polar surface area (TPSA) is 69.7 Å². The highest BCUT2D eigenvalue weighted by Crippen LogP contribution is 2.58. The van der Waals surface area contributed by atoms with E-state index in [1.165, 1.54) is 0 Å². The van der Waals surface area contributed by atoms with Gasteiger partial charge in [-0.15, -0.1) is 0 Å². The maximum atomic E-state index is 14.1. The van der Waals surface area contributed by atoms with Crippen molar-refractivity contribution in [1.29, 1.82) is 0 Å². The van der Waals surface area contributed by atoms with Gasteiger partial charge in [-0.05, 0) is 30.7 Å². The Morgan fingerprint density at radius 3 is 1.85 bits per heavy atom. The van der Waals surface area contributed by atoms with E-state index >= 15 is 0 Å². The molecule has 5 nitrogen and oxygen atoms in total. The highest BCUT2D eigenvalue weighted by Gasteiger charge is 2.69. The maximum absolute atomic E-state index is 14.1. The van der Waals surface area contributed by atoms with Gasteiger partial charge in [-0.25, -0.2) is 4.39 Å². The quantitative estimate of drug-likeness (QED) is 0.451. The molecule has 0 saturated carbocycles. The molecule has 0 spiro atoms. The Labute approximate surface area is 151 Å². The van der Waals surface area contributed by atoms with Crippen molar-refractivity contribution in [2.45, 2.75) is 19.0 Å². The molecule has 27 heavy (non-hydrogen) atoms. The lowest BCUT2D eigenvalue weighted by Crippen LogP contribution is -2.50. The third-order valence-electron chi connectivity index (χ3n) is 4.58. The minimum atomic E-state index is -5.09. The van der Waals surface area contributed by atoms with Gasteiger partial charge in [-0.3, -0.25) is 14.4 Å². The van der Waals surface area contributed by atoms with Gasteiger partial charge in [0.25, 0.3) is 0 Å². The second-order valence-electron chi connectivity index (χ2n) is 6.06. The number of ketones is 1. The maximum Gasteiger partial charge on any atom is 0.394 e. The first kappa shape index (κ1) is 20.6. The molecule has 0 amide bonds. The zero-order valence-electron chi connectivity index (χ0n) is 14.6. The number of hydrogen-bond donors (Lipinski definition) is 0. The predicted molar refractivity (Wildman–Crippen MR) is 83.9 cm³/mol. The van der Waals surface area contributed by atoms with Gasteiger partial charge >= 0.3 is 18.1 Å². The van der Waals surface area contributed by atoms with Crippen molar-refractivity contribution in [3.8, 4) is 0 Å². The molecule has 1 aliphatic rings. The summed E-state index contributed by atoms with van der Waals surface area (Å²) in [6.45, 7) is 1.01. The zero-order chi connectivity index (χ0) is 20.6. The number of benzene rings is 1. The average Bonchev–Trinajstić information content (AvgIpc) is 2.98. The standard InChI is InChI=1S/C18H16F4O5/c1-9(23)12-8-17(15(24)26-2,16(25)27-3)14(18(20,21)22)13(12)10-4-6-11(19)7-5-10/h4-8,13-14H,1-3H3/t13-,14+/m0/s1. The average molecular weight is 388 g/mol. The monoisotopic (exact) mass is 388 g/mol. The van der Waals surface area contributed by atoms with Gasteiger partial charge in [0.05, 0.1) is 20.1 Å². The molecule has 0 N–H and O–H groups in total. The first-order valence-electron chi connectivity index (χ1n) is 7.73. The molecular formula is C18H16F4O5. The van der Waals surface area contributed by atoms with Crippen molar-refractivity contribution in [3.05, 3.63) is 47.3 Å². The van der Waals surface area contributed by atoms with Crippen LogP contribution in [0.4, 0.5) is 17.6 Å². The molecule has 0 bridgehead atoms. The summed E-state index contributed by atoms with van der Waals surface area (Å²) >= 11 is 0. The molecule has 0 fully saturated rings. The Hall–Kier alpha value is -2.71. The largest absolute Gasteiger partial charge is 0.468 e. The molecule has 0 aromatic heterocycles. The summed E-state index contributed by atoms with van der Waals surface area (Å²) < 4.78 is 64.3. The van der Waals surface area contributed by atoms with E-state index in [9.17, 15) is 31.9 Å². The summed E-state index contributed by atoms with van der Waals surface area (Å²) in [6.07, 6.45) is -4.42. The van der Waals surface area contributed by atoms with Gasteiger partial charge in [0, 0.05) is 11.5 Å². The summed E-state index contributed by atoms with van der Waals surface area (Å²) in [4.78, 5) is 36.8. The molecule has 0 aliphatic heterocycles. The van der Waals surface area contributed by atoms with Crippen LogP contribution in [0.5, 0.6) is 0 Å². The van der Waals surface area contributed by atoms with E-state index in [4.69, 9.17) is 0 Å². The van der Waals surface area contributed by atoms with Crippen molar-refractivity contribution < 1.29 is 41.4 Å². The Morgan fingerprint density at radius 1 is 1.00 bits per heavy atom. The molecule has 0 unspecified atom stereocenters. The molecule has 1 aromatic carbocycles. The molecule has 2 rings (SSSR count). The molecule has 0 heterocycles. The Kier molecular flexibility index (Phi) is 5.44. The van der Waals surface area contributed by atoms with Crippen LogP contribution in [0.2, 0.25) is 0 Å². The van der Waals surface area contributed by atoms with Crippen molar-refractivity contribution >= 4 is 17.7 Å². The van der Waals surface area contributed by atoms with Crippen LogP contribution < -0.4 is 0 Å². The van der Waals surface area contributed by atoms with Crippen LogP contribution in [0.3, 0.4) is 0 Å². The fraction of sp³-hybridized carbons (Fsp3) is 0.389. The minimum Gasteiger partial charge on any atom is -0.468 e. The molecule has 2 atom stereocenters. The number of halogens is 4. The van der Waals surface area contributed by atoms with Gasteiger partial charge < -0.3 is 9.47 Å². The summed E-state index contributed by atoms with van der Waals surface area (Å²) in [5.74, 6) is -8.83. The molecule has 0 radical (unpaired) electrons. The number of Topliss-reactive ketones (excluding diaryl/α,β-unsaturated/α-hetero) is 1. The molecule has 9 heteroatoms. The molecule has 1 aromatic rings. The number of ether oxygens (including phenoxy) is 2. The van der Waals surface area contributed by atoms with Crippen molar-refractivity contribution in [3.63, 3.8) is 0 Å². The highest BCUT2D eigenvalue weighted by atomic mass is 19.4. The van der Waals surface area contributed by atoms with Crippen LogP contribution in [-0.4, -0.2) is 38.1 Å². The molecular weight excluding hydrogens is 372 g/mol. The number of esters is 2. The van der Waals surface area contributed by atoms with Gasteiger partial charge in [0.2, 0.25) is 0 Å². The van der Waals surface area contributed by atoms with Gasteiger partial charge in [-0.2, -0.15) is 13.2 Å². The lowest BCUT2D eigenvalue weighted by Gasteiger charge is -2.34. The minimum absolute atomic E-state index is 0.0742. The van der Waals surface area contributed by atoms with E-state index in [0.29, 0.717) is 6.08 Å². The highest BCUT2D eigenvalue weighted by molar-refractivity contribution is 6.07. The number of carbonyl (C=O) groups is 3. The fourth-order valence-corrected chi connectivity index (χ4v) is 3.47. The normalized spacial score (nSPS) is 21.4. The van der Waals surface area contributed by atoms with Crippen LogP contribution in [0, 0.1) is 17.2 Å². The van der Waals surface area contributed by atoms with Gasteiger partial charge in [0.1, 0.15) is 5.82 Å². The Bertz CT molecular complexity index is 779. The number of rotatable bonds is 4. The Balaban J connectivity index is 2.84. The first-order valence-corrected chi connectivity index (χ1v) is 7.73. The number of alkyl halides is 3. The number of carbonyl (C=O) groups excluding carboxylic acids is 3. The van der Waals surface area contributed by atoms with Crippen molar-refractivity contribution in [1.82, 2.24) is 0 Å². The van der Waals surface area contributed by atoms with Crippen LogP contribution >= 0.6 is 0 Å². The van der Waals surface area contributed by atoms with Crippen LogP contribution in [0.15, 0.2) is 35.9 Å². The fourth-order valence-electron chi connectivity index (χ4n) is 3.47. The summed E-state index contributed by atoms with van der Waals surface area (Å²) in [5, 5.41) is 0. The van der Waals surface area contributed by atoms with E-state index in [0.717, 1.165) is 45.4 Å². The zero-order valence-corrected chi connectivity index (χ0v) is 14.6. The second kappa shape index (κ2) is 7.13. The van der Waals surface area contributed by atoms with E-state index in [1.54, 1.807) is 0 Å². The SMILES string of the molecule is COC(=O)C1(C(=O)OC)C=C(C(C)=O)[C@H](c2ccc(F)cc2)[C@H]1C(F)(F)F. The van der Waals surface area contributed by atoms with Crippen LogP contribution in [0.25, 0.3) is 0 Å². The van der Waals surface area contributed by atoms with Crippen LogP contribution in [0.1, 0.15) is 18.4 Å². The van der Waals surface area contributed by atoms with E-state index < -0.39 is 52.5 Å². The molecule has 1 aliphatic carbocycles. The predicted octanol–water partition coefficient (Wildman–Crippen LogP) is 2.95. The number of hydrogen-bond acceptors (Lipinski definition) is 5. The number of allylic oxidation sites excluding steroid dienone is 1. The summed E-state index contributed by atoms with van der Waals surface area (Å²) in [7, 11) is 1.65. The smallest absolute Gasteiger partial charge is 0.394 e. The van der Waals surface area contributed by atoms with E-state index in [-0.39, 0.29) is 5.56 Å². The summed E-state index contributed by atoms with van der Waals surface area (Å²) in [5.41, 5.74) is -3.36. The lowest BCUT2D eigenvalue weighted by molar-refractivity contribution is -0.216. The number of methoxy groups -OCH3 is 2. The molecule has 146 valence electrons. The van der Waals surface area contributed by atoms with E-state index in [2.05, 4.69) is 9.47 Å². The third-order valence-corrected chi connectivity index (χ3v) is 4.58. The van der Waals surface area contributed by atoms with Gasteiger partial charge in [0.15, 0.2) is 11.2 Å². The van der Waals surface area contributed by atoms with Crippen molar-refractivity contribution in [2.24, 2.45) is 11.3 Å². The lowest BCUT2D eigenvalue weighted by atomic mass is 9.71. The van der Waals surface area contributed by atoms with Crippen molar-refractivity contribution in [2.75, 3.05) is 14.2 Å².